The summed E-state index contributed by atoms with van der Waals surface area (Å²) in [4.78, 5) is 37.8. The lowest BCUT2D eigenvalue weighted by atomic mass is 9.99. The van der Waals surface area contributed by atoms with E-state index in [1.165, 1.54) is 25.1 Å². The molecule has 0 bridgehead atoms. The highest BCUT2D eigenvalue weighted by atomic mass is 16.5. The van der Waals surface area contributed by atoms with Crippen LogP contribution in [0.3, 0.4) is 0 Å². The van der Waals surface area contributed by atoms with Gasteiger partial charge in [0, 0.05) is 19.5 Å². The summed E-state index contributed by atoms with van der Waals surface area (Å²) >= 11 is 0. The molecule has 1 heterocycles. The SMILES string of the molecule is COC(=O)[C@H](Cc1ccc(-c2c(OC)cnn(C)c2=O)cc1)NC(=O)[C@H](NC(C)C)C(C)C. The largest absolute Gasteiger partial charge is 0.494 e. The average molecular weight is 459 g/mol. The number of aromatic nitrogens is 2. The van der Waals surface area contributed by atoms with E-state index >= 15 is 0 Å². The van der Waals surface area contributed by atoms with Crippen molar-refractivity contribution in [1.29, 1.82) is 0 Å². The Labute approximate surface area is 194 Å². The van der Waals surface area contributed by atoms with E-state index in [2.05, 4.69) is 15.7 Å². The first-order chi connectivity index (χ1) is 15.6. The molecule has 0 unspecified atom stereocenters. The Balaban J connectivity index is 2.26. The quantitative estimate of drug-likeness (QED) is 0.521. The highest BCUT2D eigenvalue weighted by Crippen LogP contribution is 2.25. The Morgan fingerprint density at radius 2 is 1.73 bits per heavy atom. The second-order valence-electron chi connectivity index (χ2n) is 8.55. The molecule has 0 spiro atoms. The van der Waals surface area contributed by atoms with Gasteiger partial charge in [-0.05, 0) is 17.0 Å². The molecule has 0 saturated heterocycles. The molecule has 1 aromatic carbocycles. The second-order valence-corrected chi connectivity index (χ2v) is 8.55. The average Bonchev–Trinajstić information content (AvgIpc) is 2.78. The number of carbonyl (C=O) groups excluding carboxylic acids is 2. The Hall–Kier alpha value is -3.20. The van der Waals surface area contributed by atoms with Crippen molar-refractivity contribution in [1.82, 2.24) is 20.4 Å². The van der Waals surface area contributed by atoms with E-state index in [4.69, 9.17) is 9.47 Å². The van der Waals surface area contributed by atoms with Gasteiger partial charge in [-0.25, -0.2) is 9.48 Å². The Morgan fingerprint density at radius 3 is 2.24 bits per heavy atom. The van der Waals surface area contributed by atoms with Gasteiger partial charge in [-0.15, -0.1) is 0 Å². The summed E-state index contributed by atoms with van der Waals surface area (Å²) in [6.07, 6.45) is 1.74. The fourth-order valence-electron chi connectivity index (χ4n) is 3.51. The maximum Gasteiger partial charge on any atom is 0.328 e. The number of ether oxygens (including phenoxy) is 2. The van der Waals surface area contributed by atoms with E-state index in [-0.39, 0.29) is 29.8 Å². The number of nitrogens with zero attached hydrogens (tertiary/aromatic N) is 2. The molecule has 1 amide bonds. The maximum absolute atomic E-state index is 12.9. The van der Waals surface area contributed by atoms with E-state index in [9.17, 15) is 14.4 Å². The molecule has 2 atom stereocenters. The lowest BCUT2D eigenvalue weighted by molar-refractivity contribution is -0.145. The molecular weight excluding hydrogens is 424 g/mol. The minimum atomic E-state index is -0.841. The third-order valence-corrected chi connectivity index (χ3v) is 5.27. The van der Waals surface area contributed by atoms with Gasteiger partial charge in [0.2, 0.25) is 5.91 Å². The Kier molecular flexibility index (Phi) is 9.16. The number of hydrogen-bond donors (Lipinski definition) is 2. The topological polar surface area (TPSA) is 112 Å². The first kappa shape index (κ1) is 26.1. The minimum Gasteiger partial charge on any atom is -0.494 e. The number of hydrogen-bond acceptors (Lipinski definition) is 7. The molecule has 0 fully saturated rings. The number of aryl methyl sites for hydroxylation is 1. The molecule has 0 radical (unpaired) electrons. The van der Waals surface area contributed by atoms with Crippen LogP contribution in [0.1, 0.15) is 33.3 Å². The summed E-state index contributed by atoms with van der Waals surface area (Å²) in [5.74, 6) is -0.356. The standard InChI is InChI=1S/C24H34N4O5/c1-14(2)21(26-15(3)4)22(29)27-18(24(31)33-7)12-16-8-10-17(11-9-16)20-19(32-6)13-25-28(5)23(20)30/h8-11,13-15,18,21,26H,12H2,1-7H3,(H,27,29)/t18-,21+/m0/s1. The molecule has 9 nitrogen and oxygen atoms in total. The van der Waals surface area contributed by atoms with E-state index in [0.29, 0.717) is 16.9 Å². The number of benzene rings is 1. The lowest BCUT2D eigenvalue weighted by Crippen LogP contribution is -2.54. The van der Waals surface area contributed by atoms with Gasteiger partial charge in [0.25, 0.3) is 5.56 Å². The van der Waals surface area contributed by atoms with Crippen molar-refractivity contribution in [3.8, 4) is 16.9 Å². The van der Waals surface area contributed by atoms with Gasteiger partial charge in [0.15, 0.2) is 5.75 Å². The van der Waals surface area contributed by atoms with Gasteiger partial charge in [-0.2, -0.15) is 5.10 Å². The smallest absolute Gasteiger partial charge is 0.328 e. The highest BCUT2D eigenvalue weighted by Gasteiger charge is 2.28. The molecule has 0 aliphatic heterocycles. The van der Waals surface area contributed by atoms with Crippen molar-refractivity contribution in [2.45, 2.75) is 52.2 Å². The molecule has 2 N–H and O–H groups in total. The van der Waals surface area contributed by atoms with Crippen LogP contribution in [0.4, 0.5) is 0 Å². The van der Waals surface area contributed by atoms with Crippen LogP contribution < -0.4 is 20.9 Å². The fraction of sp³-hybridized carbons (Fsp3) is 0.500. The summed E-state index contributed by atoms with van der Waals surface area (Å²) in [7, 11) is 4.35. The lowest BCUT2D eigenvalue weighted by Gasteiger charge is -2.26. The second kappa shape index (κ2) is 11.6. The van der Waals surface area contributed by atoms with Crippen LogP contribution in [0.25, 0.3) is 11.1 Å². The highest BCUT2D eigenvalue weighted by molar-refractivity contribution is 5.88. The molecule has 180 valence electrons. The van der Waals surface area contributed by atoms with E-state index in [1.807, 2.05) is 39.8 Å². The van der Waals surface area contributed by atoms with Crippen LogP contribution in [0.2, 0.25) is 0 Å². The van der Waals surface area contributed by atoms with Crippen molar-refractivity contribution in [2.24, 2.45) is 13.0 Å². The summed E-state index contributed by atoms with van der Waals surface area (Å²) in [5, 5.41) is 10.0. The zero-order valence-corrected chi connectivity index (χ0v) is 20.3. The summed E-state index contributed by atoms with van der Waals surface area (Å²) in [5.41, 5.74) is 1.59. The number of esters is 1. The predicted octanol–water partition coefficient (Wildman–Crippen LogP) is 1.68. The molecule has 1 aromatic heterocycles. The molecule has 0 aliphatic carbocycles. The number of nitrogens with one attached hydrogen (secondary N) is 2. The molecule has 2 rings (SSSR count). The van der Waals surface area contributed by atoms with Crippen molar-refractivity contribution < 1.29 is 19.1 Å². The van der Waals surface area contributed by atoms with Gasteiger partial charge >= 0.3 is 5.97 Å². The van der Waals surface area contributed by atoms with Crippen LogP contribution >= 0.6 is 0 Å². The number of carbonyl (C=O) groups is 2. The van der Waals surface area contributed by atoms with Gasteiger partial charge < -0.3 is 20.1 Å². The first-order valence-electron chi connectivity index (χ1n) is 10.9. The van der Waals surface area contributed by atoms with E-state index in [1.54, 1.807) is 19.2 Å². The minimum absolute atomic E-state index is 0.0444. The van der Waals surface area contributed by atoms with E-state index < -0.39 is 18.1 Å². The van der Waals surface area contributed by atoms with Crippen molar-refractivity contribution in [2.75, 3.05) is 14.2 Å². The zero-order valence-electron chi connectivity index (χ0n) is 20.3. The van der Waals surface area contributed by atoms with Crippen LogP contribution in [0, 0.1) is 5.92 Å². The van der Waals surface area contributed by atoms with Gasteiger partial charge in [0.05, 0.1) is 32.0 Å². The van der Waals surface area contributed by atoms with Crippen molar-refractivity contribution in [3.63, 3.8) is 0 Å². The van der Waals surface area contributed by atoms with Crippen LogP contribution in [0.15, 0.2) is 35.3 Å². The Morgan fingerprint density at radius 1 is 1.09 bits per heavy atom. The molecule has 0 aliphatic rings. The fourth-order valence-corrected chi connectivity index (χ4v) is 3.51. The van der Waals surface area contributed by atoms with E-state index in [0.717, 1.165) is 5.56 Å². The zero-order chi connectivity index (χ0) is 24.7. The number of amides is 1. The van der Waals surface area contributed by atoms with Gasteiger partial charge in [-0.3, -0.25) is 9.59 Å². The number of rotatable bonds is 10. The predicted molar refractivity (Wildman–Crippen MR) is 126 cm³/mol. The van der Waals surface area contributed by atoms with Gasteiger partial charge in [-0.1, -0.05) is 52.0 Å². The van der Waals surface area contributed by atoms with Crippen molar-refractivity contribution in [3.05, 3.63) is 46.4 Å². The molecule has 2 aromatic rings. The molecule has 9 heteroatoms. The summed E-state index contributed by atoms with van der Waals surface area (Å²) in [6, 6.07) is 6.02. The molecule has 0 saturated carbocycles. The Bertz CT molecular complexity index is 1010. The normalized spacial score (nSPS) is 13.0. The van der Waals surface area contributed by atoms with Crippen LogP contribution in [0.5, 0.6) is 5.75 Å². The first-order valence-corrected chi connectivity index (χ1v) is 10.9. The third kappa shape index (κ3) is 6.64. The summed E-state index contributed by atoms with van der Waals surface area (Å²) in [6.45, 7) is 7.83. The van der Waals surface area contributed by atoms with Crippen LogP contribution in [-0.2, 0) is 27.8 Å². The van der Waals surface area contributed by atoms with Crippen molar-refractivity contribution >= 4 is 11.9 Å². The summed E-state index contributed by atoms with van der Waals surface area (Å²) < 4.78 is 11.5. The monoisotopic (exact) mass is 458 g/mol. The molecular formula is C24H34N4O5. The van der Waals surface area contributed by atoms with Gasteiger partial charge in [0.1, 0.15) is 6.04 Å². The molecule has 33 heavy (non-hydrogen) atoms. The number of methoxy groups -OCH3 is 2. The van der Waals surface area contributed by atoms with Crippen LogP contribution in [-0.4, -0.2) is 54.0 Å². The third-order valence-electron chi connectivity index (χ3n) is 5.27. The maximum atomic E-state index is 12.9.